The van der Waals surface area contributed by atoms with Gasteiger partial charge in [-0.05, 0) is 23.3 Å². The molecule has 0 radical (unpaired) electrons. The van der Waals surface area contributed by atoms with E-state index in [1.807, 2.05) is 0 Å². The van der Waals surface area contributed by atoms with E-state index in [1.165, 1.54) is 18.1 Å². The molecule has 2 amide bonds. The van der Waals surface area contributed by atoms with Crippen molar-refractivity contribution in [1.29, 1.82) is 0 Å². The van der Waals surface area contributed by atoms with Crippen LogP contribution in [0.1, 0.15) is 22.6 Å². The van der Waals surface area contributed by atoms with Gasteiger partial charge >= 0.3 is 6.18 Å². The topological polar surface area (TPSA) is 71.5 Å². The number of hydrogen-bond donors (Lipinski definition) is 1. The highest BCUT2D eigenvalue weighted by Crippen LogP contribution is 2.36. The van der Waals surface area contributed by atoms with E-state index in [0.29, 0.717) is 5.56 Å². The number of ether oxygens (including phenoxy) is 1. The maximum Gasteiger partial charge on any atom is 0.416 e. The molecule has 0 spiro atoms. The number of carbonyl (C=O) groups is 2. The Kier molecular flexibility index (Phi) is 6.71. The molecule has 30 heavy (non-hydrogen) atoms. The number of likely N-dealkylation sites (tertiary alicyclic amines) is 1. The maximum absolute atomic E-state index is 13.2. The molecular weight excluding hydrogens is 399 g/mol. The third kappa shape index (κ3) is 5.15. The second-order valence-corrected chi connectivity index (χ2v) is 7.15. The second kappa shape index (κ2) is 9.25. The average Bonchev–Trinajstić information content (AvgIpc) is 3.18. The molecule has 1 N–H and O–H groups in total. The molecule has 1 aromatic heterocycles. The molecule has 0 bridgehead atoms. The van der Waals surface area contributed by atoms with Crippen LogP contribution in [-0.4, -0.2) is 48.5 Å². The maximum atomic E-state index is 13.2. The molecule has 6 nitrogen and oxygen atoms in total. The van der Waals surface area contributed by atoms with Gasteiger partial charge in [0.05, 0.1) is 11.5 Å². The molecule has 0 aliphatic carbocycles. The normalized spacial score (nSPS) is 19.0. The van der Waals surface area contributed by atoms with Crippen LogP contribution in [0.3, 0.4) is 0 Å². The number of halogens is 3. The van der Waals surface area contributed by atoms with Crippen LogP contribution in [0.5, 0.6) is 0 Å². The van der Waals surface area contributed by atoms with Gasteiger partial charge in [0.15, 0.2) is 0 Å². The zero-order chi connectivity index (χ0) is 21.7. The fourth-order valence-corrected chi connectivity index (χ4v) is 3.59. The Morgan fingerprint density at radius 1 is 1.23 bits per heavy atom. The van der Waals surface area contributed by atoms with E-state index in [4.69, 9.17) is 4.74 Å². The number of alkyl halides is 3. The first-order valence-corrected chi connectivity index (χ1v) is 9.40. The molecule has 0 saturated carbocycles. The van der Waals surface area contributed by atoms with E-state index in [1.54, 1.807) is 30.6 Å². The van der Waals surface area contributed by atoms with Crippen LogP contribution in [0.25, 0.3) is 0 Å². The summed E-state index contributed by atoms with van der Waals surface area (Å²) in [5, 5.41) is 2.81. The zero-order valence-electron chi connectivity index (χ0n) is 16.4. The summed E-state index contributed by atoms with van der Waals surface area (Å²) in [7, 11) is 1.39. The summed E-state index contributed by atoms with van der Waals surface area (Å²) in [5.74, 6) is -1.86. The average molecular weight is 421 g/mol. The molecular formula is C21H22F3N3O3. The molecule has 3 rings (SSSR count). The minimum atomic E-state index is -4.49. The number of carbonyl (C=O) groups excluding carboxylic acids is 2. The van der Waals surface area contributed by atoms with Crippen molar-refractivity contribution in [2.24, 2.45) is 5.92 Å². The summed E-state index contributed by atoms with van der Waals surface area (Å²) in [5.41, 5.74) is 0.391. The lowest BCUT2D eigenvalue weighted by Crippen LogP contribution is -2.36. The number of amides is 2. The van der Waals surface area contributed by atoms with Crippen LogP contribution in [-0.2, 0) is 27.0 Å². The molecule has 9 heteroatoms. The lowest BCUT2D eigenvalue weighted by Gasteiger charge is -2.19. The van der Waals surface area contributed by atoms with E-state index in [9.17, 15) is 22.8 Å². The molecule has 1 saturated heterocycles. The molecule has 2 atom stereocenters. The summed E-state index contributed by atoms with van der Waals surface area (Å²) >= 11 is 0. The molecule has 0 unspecified atom stereocenters. The van der Waals surface area contributed by atoms with Crippen LogP contribution < -0.4 is 5.32 Å². The zero-order valence-corrected chi connectivity index (χ0v) is 16.4. The Morgan fingerprint density at radius 2 is 2.03 bits per heavy atom. The lowest BCUT2D eigenvalue weighted by molar-refractivity contribution is -0.137. The number of pyridine rings is 1. The van der Waals surface area contributed by atoms with Gasteiger partial charge in [0, 0.05) is 45.1 Å². The highest BCUT2D eigenvalue weighted by Gasteiger charge is 2.41. The van der Waals surface area contributed by atoms with Crippen molar-refractivity contribution in [2.75, 3.05) is 26.8 Å². The molecule has 1 aliphatic rings. The van der Waals surface area contributed by atoms with E-state index in [0.717, 1.165) is 17.7 Å². The largest absolute Gasteiger partial charge is 0.416 e. The first kappa shape index (κ1) is 21.8. The quantitative estimate of drug-likeness (QED) is 0.779. The van der Waals surface area contributed by atoms with E-state index < -0.39 is 23.6 Å². The first-order chi connectivity index (χ1) is 14.3. The van der Waals surface area contributed by atoms with Gasteiger partial charge in [0.25, 0.3) is 0 Å². The van der Waals surface area contributed by atoms with E-state index in [2.05, 4.69) is 10.3 Å². The number of benzene rings is 1. The summed E-state index contributed by atoms with van der Waals surface area (Å²) in [6, 6.07) is 8.47. The number of rotatable bonds is 6. The third-order valence-electron chi connectivity index (χ3n) is 5.11. The number of hydrogen-bond acceptors (Lipinski definition) is 4. The van der Waals surface area contributed by atoms with Crippen LogP contribution in [0, 0.1) is 5.92 Å². The number of aromatic nitrogens is 1. The fourth-order valence-electron chi connectivity index (χ4n) is 3.59. The standard InChI is InChI=1S/C21H22F3N3O3/c1-30-13-19(28)27-11-17(15-5-2-6-16(8-15)21(22,23)24)18(12-27)20(29)26-10-14-4-3-7-25-9-14/h2-9,17-18H,10-13H2,1H3,(H,26,29)/t17-,18-/m1/s1. The highest BCUT2D eigenvalue weighted by atomic mass is 19.4. The van der Waals surface area contributed by atoms with Crippen LogP contribution in [0.2, 0.25) is 0 Å². The Balaban J connectivity index is 1.82. The monoisotopic (exact) mass is 421 g/mol. The summed E-state index contributed by atoms with van der Waals surface area (Å²) < 4.78 is 44.3. The lowest BCUT2D eigenvalue weighted by atomic mass is 9.87. The molecule has 1 aliphatic heterocycles. The van der Waals surface area contributed by atoms with Crippen molar-refractivity contribution in [2.45, 2.75) is 18.6 Å². The minimum Gasteiger partial charge on any atom is -0.375 e. The van der Waals surface area contributed by atoms with Gasteiger partial charge in [0.2, 0.25) is 11.8 Å². The Labute approximate surface area is 172 Å². The van der Waals surface area contributed by atoms with Gasteiger partial charge in [-0.2, -0.15) is 13.2 Å². The summed E-state index contributed by atoms with van der Waals surface area (Å²) in [6.07, 6.45) is -1.25. The number of nitrogens with zero attached hydrogens (tertiary/aromatic N) is 2. The molecule has 1 fully saturated rings. The molecule has 1 aromatic carbocycles. The minimum absolute atomic E-state index is 0.113. The van der Waals surface area contributed by atoms with Gasteiger partial charge in [0.1, 0.15) is 6.61 Å². The summed E-state index contributed by atoms with van der Waals surface area (Å²) in [6.45, 7) is 0.348. The Bertz CT molecular complexity index is 890. The highest BCUT2D eigenvalue weighted by molar-refractivity contribution is 5.83. The van der Waals surface area contributed by atoms with E-state index in [-0.39, 0.29) is 38.1 Å². The second-order valence-electron chi connectivity index (χ2n) is 7.15. The van der Waals surface area contributed by atoms with Crippen molar-refractivity contribution in [3.63, 3.8) is 0 Å². The SMILES string of the molecule is COCC(=O)N1C[C@H](c2cccc(C(F)(F)F)c2)[C@H](C(=O)NCc2cccnc2)C1. The fraction of sp³-hybridized carbons (Fsp3) is 0.381. The van der Waals surface area contributed by atoms with Gasteiger partial charge in [-0.1, -0.05) is 24.3 Å². The van der Waals surface area contributed by atoms with Crippen molar-refractivity contribution in [1.82, 2.24) is 15.2 Å². The smallest absolute Gasteiger partial charge is 0.375 e. The molecule has 160 valence electrons. The van der Waals surface area contributed by atoms with Crippen molar-refractivity contribution >= 4 is 11.8 Å². The summed E-state index contributed by atoms with van der Waals surface area (Å²) in [4.78, 5) is 30.6. The predicted molar refractivity (Wildman–Crippen MR) is 102 cm³/mol. The van der Waals surface area contributed by atoms with Gasteiger partial charge in [-0.3, -0.25) is 14.6 Å². The predicted octanol–water partition coefficient (Wildman–Crippen LogP) is 2.61. The Morgan fingerprint density at radius 3 is 2.70 bits per heavy atom. The first-order valence-electron chi connectivity index (χ1n) is 9.40. The molecule has 2 aromatic rings. The number of nitrogens with one attached hydrogen (secondary N) is 1. The van der Waals surface area contributed by atoms with Gasteiger partial charge < -0.3 is 15.0 Å². The Hall–Kier alpha value is -2.94. The third-order valence-corrected chi connectivity index (χ3v) is 5.11. The van der Waals surface area contributed by atoms with Gasteiger partial charge in [-0.15, -0.1) is 0 Å². The van der Waals surface area contributed by atoms with Gasteiger partial charge in [-0.25, -0.2) is 0 Å². The molecule has 2 heterocycles. The van der Waals surface area contributed by atoms with Crippen LogP contribution >= 0.6 is 0 Å². The van der Waals surface area contributed by atoms with E-state index >= 15 is 0 Å². The van der Waals surface area contributed by atoms with Crippen molar-refractivity contribution in [3.8, 4) is 0 Å². The van der Waals surface area contributed by atoms with Crippen molar-refractivity contribution < 1.29 is 27.5 Å². The van der Waals surface area contributed by atoms with Crippen molar-refractivity contribution in [3.05, 3.63) is 65.5 Å². The van der Waals surface area contributed by atoms with Crippen LogP contribution in [0.4, 0.5) is 13.2 Å². The number of methoxy groups -OCH3 is 1. The van der Waals surface area contributed by atoms with Crippen LogP contribution in [0.15, 0.2) is 48.8 Å².